The lowest BCUT2D eigenvalue weighted by molar-refractivity contribution is -0.136. The van der Waals surface area contributed by atoms with Crippen molar-refractivity contribution >= 4 is 5.97 Å². The first kappa shape index (κ1) is 10.6. The molecule has 3 heteroatoms. The number of hydrogen-bond donors (Lipinski definition) is 2. The van der Waals surface area contributed by atoms with Gasteiger partial charge in [-0.2, -0.15) is 0 Å². The van der Waals surface area contributed by atoms with Gasteiger partial charge in [0.15, 0.2) is 0 Å². The van der Waals surface area contributed by atoms with E-state index in [9.17, 15) is 4.79 Å². The van der Waals surface area contributed by atoms with Gasteiger partial charge in [-0.05, 0) is 49.4 Å². The number of hydrogen-bond acceptors (Lipinski definition) is 2. The molecule has 3 aliphatic rings. The van der Waals surface area contributed by atoms with Crippen molar-refractivity contribution in [3.63, 3.8) is 0 Å². The van der Waals surface area contributed by atoms with Gasteiger partial charge in [0.25, 0.3) is 0 Å². The lowest BCUT2D eigenvalue weighted by Gasteiger charge is -2.32. The Balaban J connectivity index is 1.54. The van der Waals surface area contributed by atoms with Crippen LogP contribution in [0.25, 0.3) is 0 Å². The van der Waals surface area contributed by atoms with Crippen molar-refractivity contribution < 1.29 is 9.90 Å². The number of aliphatic carboxylic acids is 1. The summed E-state index contributed by atoms with van der Waals surface area (Å²) in [6.45, 7) is 0.653. The summed E-state index contributed by atoms with van der Waals surface area (Å²) in [5, 5.41) is 12.1. The molecule has 0 aromatic rings. The molecule has 0 radical (unpaired) electrons. The van der Waals surface area contributed by atoms with E-state index in [0.717, 1.165) is 23.7 Å². The van der Waals surface area contributed by atoms with Crippen LogP contribution in [0.2, 0.25) is 0 Å². The Bertz CT molecular complexity index is 292. The van der Waals surface area contributed by atoms with Gasteiger partial charge < -0.3 is 10.4 Å². The number of nitrogens with one attached hydrogen (secondary N) is 1. The van der Waals surface area contributed by atoms with Crippen LogP contribution in [0.15, 0.2) is 0 Å². The van der Waals surface area contributed by atoms with Crippen LogP contribution < -0.4 is 5.32 Å². The standard InChI is InChI=1S/C13H21NO2/c15-13(16)4-5-14-12-7-8-6-11(12)10-3-1-2-9(8)10/h8-12,14H,1-7H2,(H,15,16). The maximum atomic E-state index is 10.5. The zero-order valence-corrected chi connectivity index (χ0v) is 9.69. The highest BCUT2D eigenvalue weighted by molar-refractivity contribution is 5.66. The Morgan fingerprint density at radius 3 is 2.81 bits per heavy atom. The van der Waals surface area contributed by atoms with Gasteiger partial charge in [0.1, 0.15) is 0 Å². The summed E-state index contributed by atoms with van der Waals surface area (Å²) in [6, 6.07) is 0.628. The van der Waals surface area contributed by atoms with Gasteiger partial charge in [0.2, 0.25) is 0 Å². The molecule has 3 fully saturated rings. The lowest BCUT2D eigenvalue weighted by Crippen LogP contribution is -2.40. The van der Waals surface area contributed by atoms with Crippen molar-refractivity contribution in [3.05, 3.63) is 0 Å². The molecule has 0 aromatic carbocycles. The minimum absolute atomic E-state index is 0.266. The number of fused-ring (bicyclic) bond motifs is 5. The molecule has 0 saturated heterocycles. The third-order valence-corrected chi connectivity index (χ3v) is 5.17. The zero-order valence-electron chi connectivity index (χ0n) is 9.69. The van der Waals surface area contributed by atoms with E-state index in [0.29, 0.717) is 12.6 Å². The predicted molar refractivity (Wildman–Crippen MR) is 61.1 cm³/mol. The van der Waals surface area contributed by atoms with Crippen LogP contribution in [0.3, 0.4) is 0 Å². The molecule has 2 bridgehead atoms. The minimum Gasteiger partial charge on any atom is -0.481 e. The van der Waals surface area contributed by atoms with Gasteiger partial charge in [-0.3, -0.25) is 4.79 Å². The maximum Gasteiger partial charge on any atom is 0.304 e. The molecule has 0 spiro atoms. The highest BCUT2D eigenvalue weighted by Gasteiger charge is 2.53. The quantitative estimate of drug-likeness (QED) is 0.765. The topological polar surface area (TPSA) is 49.3 Å². The molecule has 0 heterocycles. The number of carbonyl (C=O) groups is 1. The van der Waals surface area contributed by atoms with Crippen LogP contribution in [0.5, 0.6) is 0 Å². The smallest absolute Gasteiger partial charge is 0.304 e. The number of rotatable bonds is 4. The van der Waals surface area contributed by atoms with Crippen molar-refractivity contribution in [2.45, 2.75) is 44.6 Å². The molecule has 5 atom stereocenters. The van der Waals surface area contributed by atoms with Crippen LogP contribution in [0, 0.1) is 23.7 Å². The fourth-order valence-corrected chi connectivity index (χ4v) is 4.67. The van der Waals surface area contributed by atoms with Crippen molar-refractivity contribution in [1.29, 1.82) is 0 Å². The number of carboxylic acids is 1. The summed E-state index contributed by atoms with van der Waals surface area (Å²) in [5.74, 6) is 3.14. The van der Waals surface area contributed by atoms with Gasteiger partial charge in [-0.1, -0.05) is 6.42 Å². The fourth-order valence-electron chi connectivity index (χ4n) is 4.67. The first-order valence-electron chi connectivity index (χ1n) is 6.71. The highest BCUT2D eigenvalue weighted by atomic mass is 16.4. The van der Waals surface area contributed by atoms with E-state index in [4.69, 9.17) is 5.11 Å². The molecule has 3 nitrogen and oxygen atoms in total. The molecule has 90 valence electrons. The molecule has 16 heavy (non-hydrogen) atoms. The first-order chi connectivity index (χ1) is 7.75. The second-order valence-corrected chi connectivity index (χ2v) is 5.86. The van der Waals surface area contributed by atoms with Crippen molar-refractivity contribution in [1.82, 2.24) is 5.32 Å². The summed E-state index contributed by atoms with van der Waals surface area (Å²) < 4.78 is 0. The van der Waals surface area contributed by atoms with Crippen molar-refractivity contribution in [2.24, 2.45) is 23.7 Å². The summed E-state index contributed by atoms with van der Waals surface area (Å²) in [5.41, 5.74) is 0. The molecule has 3 saturated carbocycles. The zero-order chi connectivity index (χ0) is 11.1. The highest BCUT2D eigenvalue weighted by Crippen LogP contribution is 2.58. The Morgan fingerprint density at radius 2 is 2.00 bits per heavy atom. The summed E-state index contributed by atoms with van der Waals surface area (Å²) in [4.78, 5) is 10.5. The van der Waals surface area contributed by atoms with Gasteiger partial charge in [-0.25, -0.2) is 0 Å². The van der Waals surface area contributed by atoms with E-state index in [1.807, 2.05) is 0 Å². The molecule has 0 aromatic heterocycles. The van der Waals surface area contributed by atoms with Crippen LogP contribution >= 0.6 is 0 Å². The fraction of sp³-hybridized carbons (Fsp3) is 0.923. The average molecular weight is 223 g/mol. The van der Waals surface area contributed by atoms with Crippen LogP contribution in [0.1, 0.15) is 38.5 Å². The monoisotopic (exact) mass is 223 g/mol. The Morgan fingerprint density at radius 1 is 1.19 bits per heavy atom. The Hall–Kier alpha value is -0.570. The third kappa shape index (κ3) is 1.65. The molecule has 2 N–H and O–H groups in total. The van der Waals surface area contributed by atoms with Gasteiger partial charge in [0, 0.05) is 12.6 Å². The molecule has 0 aliphatic heterocycles. The van der Waals surface area contributed by atoms with E-state index in [1.54, 1.807) is 0 Å². The van der Waals surface area contributed by atoms with Crippen molar-refractivity contribution in [3.8, 4) is 0 Å². The van der Waals surface area contributed by atoms with Gasteiger partial charge in [-0.15, -0.1) is 0 Å². The van der Waals surface area contributed by atoms with E-state index in [2.05, 4.69) is 5.32 Å². The summed E-state index contributed by atoms with van der Waals surface area (Å²) >= 11 is 0. The SMILES string of the molecule is O=C(O)CCNC1CC2CC1C1CCCC21. The average Bonchev–Trinajstić information content (AvgIpc) is 2.87. The van der Waals surface area contributed by atoms with E-state index in [1.165, 1.54) is 32.1 Å². The second-order valence-electron chi connectivity index (χ2n) is 5.86. The Kier molecular flexibility index (Phi) is 2.66. The normalized spacial score (nSPS) is 44.9. The maximum absolute atomic E-state index is 10.5. The Labute approximate surface area is 96.6 Å². The third-order valence-electron chi connectivity index (χ3n) is 5.17. The minimum atomic E-state index is -0.686. The van der Waals surface area contributed by atoms with Crippen molar-refractivity contribution in [2.75, 3.05) is 6.54 Å². The van der Waals surface area contributed by atoms with Crippen LogP contribution in [0.4, 0.5) is 0 Å². The molecular formula is C13H21NO2. The van der Waals surface area contributed by atoms with Crippen LogP contribution in [-0.2, 0) is 4.79 Å². The largest absolute Gasteiger partial charge is 0.481 e. The molecule has 3 rings (SSSR count). The first-order valence-corrected chi connectivity index (χ1v) is 6.71. The molecule has 0 amide bonds. The summed E-state index contributed by atoms with van der Waals surface area (Å²) in [7, 11) is 0. The van der Waals surface area contributed by atoms with E-state index in [-0.39, 0.29) is 6.42 Å². The molecule has 5 unspecified atom stereocenters. The van der Waals surface area contributed by atoms with E-state index >= 15 is 0 Å². The second kappa shape index (κ2) is 4.02. The predicted octanol–water partition coefficient (Wildman–Crippen LogP) is 1.88. The van der Waals surface area contributed by atoms with Crippen LogP contribution in [-0.4, -0.2) is 23.7 Å². The molecular weight excluding hydrogens is 202 g/mol. The van der Waals surface area contributed by atoms with E-state index < -0.39 is 5.97 Å². The van der Waals surface area contributed by atoms with Gasteiger partial charge >= 0.3 is 5.97 Å². The summed E-state index contributed by atoms with van der Waals surface area (Å²) in [6.07, 6.45) is 7.33. The number of carboxylic acid groups (broad SMARTS) is 1. The van der Waals surface area contributed by atoms with Gasteiger partial charge in [0.05, 0.1) is 6.42 Å². The molecule has 3 aliphatic carbocycles. The lowest BCUT2D eigenvalue weighted by atomic mass is 9.79.